The Kier molecular flexibility index (Phi) is 8.35. The van der Waals surface area contributed by atoms with E-state index in [2.05, 4.69) is 26.3 Å². The van der Waals surface area contributed by atoms with Crippen LogP contribution in [0, 0.1) is 6.92 Å². The SMILES string of the molecule is COc1cc(C=Nn2c(-c3cc4c(OC)cccc4o3)nc3ccccc3c2=O)cc(Br)c1OCC(=O)Nc1ccccc1C. The average Bonchev–Trinajstić information content (AvgIpc) is 3.49. The van der Waals surface area contributed by atoms with Crippen molar-refractivity contribution >= 4 is 55.6 Å². The van der Waals surface area contributed by atoms with Crippen molar-refractivity contribution in [3.63, 3.8) is 0 Å². The molecule has 1 amide bonds. The monoisotopic (exact) mass is 666 g/mol. The second-order valence-corrected chi connectivity index (χ2v) is 10.8. The Hall–Kier alpha value is -5.42. The van der Waals surface area contributed by atoms with E-state index < -0.39 is 0 Å². The number of fused-ring (bicyclic) bond motifs is 2. The molecule has 6 rings (SSSR count). The van der Waals surface area contributed by atoms with Crippen molar-refractivity contribution in [1.29, 1.82) is 0 Å². The normalized spacial score (nSPS) is 11.3. The summed E-state index contributed by atoms with van der Waals surface area (Å²) in [6.07, 6.45) is 1.51. The summed E-state index contributed by atoms with van der Waals surface area (Å²) in [7, 11) is 3.08. The van der Waals surface area contributed by atoms with Crippen LogP contribution in [0.3, 0.4) is 0 Å². The van der Waals surface area contributed by atoms with Crippen LogP contribution in [-0.4, -0.2) is 42.6 Å². The van der Waals surface area contributed by atoms with Crippen molar-refractivity contribution in [2.45, 2.75) is 6.92 Å². The smallest absolute Gasteiger partial charge is 0.282 e. The molecule has 0 atom stereocenters. The number of nitrogens with zero attached hydrogens (tertiary/aromatic N) is 3. The molecular weight excluding hydrogens is 640 g/mol. The highest BCUT2D eigenvalue weighted by molar-refractivity contribution is 9.10. The third kappa shape index (κ3) is 6.02. The fourth-order valence-electron chi connectivity index (χ4n) is 4.83. The summed E-state index contributed by atoms with van der Waals surface area (Å²) in [5.74, 6) is 1.59. The Bertz CT molecular complexity index is 2150. The van der Waals surface area contributed by atoms with Gasteiger partial charge in [-0.3, -0.25) is 9.59 Å². The lowest BCUT2D eigenvalue weighted by Gasteiger charge is -2.14. The molecule has 0 aliphatic carbocycles. The highest BCUT2D eigenvalue weighted by Gasteiger charge is 2.19. The highest BCUT2D eigenvalue weighted by atomic mass is 79.9. The van der Waals surface area contributed by atoms with E-state index in [1.807, 2.05) is 55.5 Å². The molecule has 1 N–H and O–H groups in total. The molecule has 0 bridgehead atoms. The van der Waals surface area contributed by atoms with Crippen molar-refractivity contribution in [1.82, 2.24) is 9.66 Å². The predicted octanol–water partition coefficient (Wildman–Crippen LogP) is 6.80. The van der Waals surface area contributed by atoms with Crippen LogP contribution in [0.5, 0.6) is 17.2 Å². The summed E-state index contributed by atoms with van der Waals surface area (Å²) in [5.41, 5.74) is 2.96. The minimum absolute atomic E-state index is 0.221. The number of furan rings is 1. The van der Waals surface area contributed by atoms with Crippen LogP contribution >= 0.6 is 15.9 Å². The van der Waals surface area contributed by atoms with Gasteiger partial charge in [0.25, 0.3) is 11.5 Å². The molecule has 0 saturated heterocycles. The number of benzene rings is 4. The number of rotatable bonds is 9. The molecule has 0 saturated carbocycles. The fraction of sp³-hybridized carbons (Fsp3) is 0.118. The number of hydrogen-bond acceptors (Lipinski definition) is 8. The number of anilines is 1. The van der Waals surface area contributed by atoms with Crippen molar-refractivity contribution in [3.8, 4) is 28.8 Å². The van der Waals surface area contributed by atoms with Crippen LogP contribution in [0.2, 0.25) is 0 Å². The molecule has 0 fully saturated rings. The maximum absolute atomic E-state index is 13.7. The van der Waals surface area contributed by atoms with E-state index in [0.29, 0.717) is 55.2 Å². The van der Waals surface area contributed by atoms with Crippen molar-refractivity contribution in [3.05, 3.63) is 111 Å². The lowest BCUT2D eigenvalue weighted by molar-refractivity contribution is -0.118. The number of methoxy groups -OCH3 is 2. The first-order valence-corrected chi connectivity index (χ1v) is 14.6. The molecule has 226 valence electrons. The predicted molar refractivity (Wildman–Crippen MR) is 177 cm³/mol. The fourth-order valence-corrected chi connectivity index (χ4v) is 5.40. The van der Waals surface area contributed by atoms with Crippen LogP contribution in [0.25, 0.3) is 33.5 Å². The Morgan fingerprint density at radius 2 is 1.76 bits per heavy atom. The number of amides is 1. The van der Waals surface area contributed by atoms with Gasteiger partial charge in [0.05, 0.1) is 41.2 Å². The number of nitrogens with one attached hydrogen (secondary N) is 1. The molecule has 11 heteroatoms. The van der Waals surface area contributed by atoms with Gasteiger partial charge in [0.2, 0.25) is 5.82 Å². The number of hydrogen-bond donors (Lipinski definition) is 1. The summed E-state index contributed by atoms with van der Waals surface area (Å²) in [6.45, 7) is 1.68. The van der Waals surface area contributed by atoms with Gasteiger partial charge in [0, 0.05) is 5.69 Å². The Labute approximate surface area is 266 Å². The summed E-state index contributed by atoms with van der Waals surface area (Å²) < 4.78 is 24.7. The third-order valence-electron chi connectivity index (χ3n) is 7.06. The molecule has 6 aromatic rings. The average molecular weight is 668 g/mol. The number of carbonyl (C=O) groups excluding carboxylic acids is 1. The van der Waals surface area contributed by atoms with Gasteiger partial charge in [-0.05, 0) is 82.5 Å². The first kappa shape index (κ1) is 29.6. The van der Waals surface area contributed by atoms with Gasteiger partial charge in [-0.1, -0.05) is 36.4 Å². The maximum atomic E-state index is 13.7. The molecule has 0 unspecified atom stereocenters. The van der Waals surface area contributed by atoms with E-state index in [4.69, 9.17) is 23.6 Å². The number of carbonyl (C=O) groups is 1. The first-order chi connectivity index (χ1) is 21.9. The topological polar surface area (TPSA) is 117 Å². The number of ether oxygens (including phenoxy) is 3. The number of para-hydroxylation sites is 2. The van der Waals surface area contributed by atoms with E-state index in [-0.39, 0.29) is 23.9 Å². The van der Waals surface area contributed by atoms with Crippen molar-refractivity contribution < 1.29 is 23.4 Å². The van der Waals surface area contributed by atoms with Crippen LogP contribution < -0.4 is 25.1 Å². The van der Waals surface area contributed by atoms with Crippen LogP contribution in [-0.2, 0) is 4.79 Å². The van der Waals surface area contributed by atoms with Gasteiger partial charge < -0.3 is 23.9 Å². The zero-order valence-corrected chi connectivity index (χ0v) is 26.1. The third-order valence-corrected chi connectivity index (χ3v) is 7.65. The minimum atomic E-state index is -0.370. The van der Waals surface area contributed by atoms with E-state index in [1.165, 1.54) is 18.0 Å². The quantitative estimate of drug-likeness (QED) is 0.169. The largest absolute Gasteiger partial charge is 0.496 e. The second-order valence-electron chi connectivity index (χ2n) is 9.98. The lowest BCUT2D eigenvalue weighted by atomic mass is 10.2. The van der Waals surface area contributed by atoms with Gasteiger partial charge >= 0.3 is 0 Å². The van der Waals surface area contributed by atoms with Crippen molar-refractivity contribution in [2.75, 3.05) is 26.1 Å². The van der Waals surface area contributed by atoms with Crippen LogP contribution in [0.4, 0.5) is 5.69 Å². The zero-order chi connectivity index (χ0) is 31.5. The van der Waals surface area contributed by atoms with Gasteiger partial charge in [-0.15, -0.1) is 0 Å². The summed E-state index contributed by atoms with van der Waals surface area (Å²) in [6, 6.07) is 25.2. The van der Waals surface area contributed by atoms with E-state index in [1.54, 1.807) is 43.5 Å². The molecule has 0 spiro atoms. The minimum Gasteiger partial charge on any atom is -0.496 e. The Morgan fingerprint density at radius 1 is 0.978 bits per heavy atom. The van der Waals surface area contributed by atoms with Crippen LogP contribution in [0.15, 0.2) is 104 Å². The van der Waals surface area contributed by atoms with Gasteiger partial charge in [-0.25, -0.2) is 4.98 Å². The zero-order valence-electron chi connectivity index (χ0n) is 24.5. The Balaban J connectivity index is 1.33. The number of aryl methyl sites for hydroxylation is 1. The summed E-state index contributed by atoms with van der Waals surface area (Å²) >= 11 is 3.52. The van der Waals surface area contributed by atoms with E-state index in [9.17, 15) is 9.59 Å². The maximum Gasteiger partial charge on any atom is 0.282 e. The molecule has 4 aromatic carbocycles. The first-order valence-electron chi connectivity index (χ1n) is 13.8. The van der Waals surface area contributed by atoms with Crippen LogP contribution in [0.1, 0.15) is 11.1 Å². The molecule has 2 heterocycles. The molecule has 0 aliphatic rings. The number of aromatic nitrogens is 2. The van der Waals surface area contributed by atoms with Gasteiger partial charge in [0.1, 0.15) is 11.3 Å². The molecular formula is C34H27BrN4O6. The van der Waals surface area contributed by atoms with E-state index in [0.717, 1.165) is 10.9 Å². The summed E-state index contributed by atoms with van der Waals surface area (Å²) in [4.78, 5) is 31.0. The van der Waals surface area contributed by atoms with Gasteiger partial charge in [-0.2, -0.15) is 9.78 Å². The molecule has 0 aliphatic heterocycles. The summed E-state index contributed by atoms with van der Waals surface area (Å²) in [5, 5.41) is 8.52. The molecule has 0 radical (unpaired) electrons. The standard InChI is InChI=1S/C34H27BrN4O6/c1-20-9-4-6-11-25(20)37-31(40)19-44-32-24(35)15-21(16-29(32)43-3)18-36-39-33(38-26-12-7-5-10-22(26)34(39)41)30-17-23-27(42-2)13-8-14-28(23)45-30/h4-18H,19H2,1-3H3,(H,37,40). The Morgan fingerprint density at radius 3 is 2.56 bits per heavy atom. The molecule has 45 heavy (non-hydrogen) atoms. The lowest BCUT2D eigenvalue weighted by Crippen LogP contribution is -2.21. The van der Waals surface area contributed by atoms with E-state index >= 15 is 0 Å². The number of halogens is 1. The highest BCUT2D eigenvalue weighted by Crippen LogP contribution is 2.37. The molecule has 10 nitrogen and oxygen atoms in total. The molecule has 2 aromatic heterocycles. The van der Waals surface area contributed by atoms with Gasteiger partial charge in [0.15, 0.2) is 23.9 Å². The second kappa shape index (κ2) is 12.7. The van der Waals surface area contributed by atoms with Crippen molar-refractivity contribution in [2.24, 2.45) is 5.10 Å².